The highest BCUT2D eigenvalue weighted by molar-refractivity contribution is 5.96. The SMILES string of the molecule is COc1cccc(C(=O)N2CCC([C@@H]3CNC[C@H]3CO)CC2)c1C.Cl. The van der Waals surface area contributed by atoms with Gasteiger partial charge in [-0.15, -0.1) is 12.4 Å². The van der Waals surface area contributed by atoms with Crippen molar-refractivity contribution in [3.63, 3.8) is 0 Å². The number of nitrogens with zero attached hydrogens (tertiary/aromatic N) is 1. The van der Waals surface area contributed by atoms with Gasteiger partial charge in [0, 0.05) is 37.4 Å². The summed E-state index contributed by atoms with van der Waals surface area (Å²) in [4.78, 5) is 14.8. The minimum absolute atomic E-state index is 0. The lowest BCUT2D eigenvalue weighted by atomic mass is 9.78. The lowest BCUT2D eigenvalue weighted by Crippen LogP contribution is -2.41. The first-order valence-electron chi connectivity index (χ1n) is 8.90. The number of likely N-dealkylation sites (tertiary alicyclic amines) is 1. The molecule has 5 nitrogen and oxygen atoms in total. The fourth-order valence-corrected chi connectivity index (χ4v) is 4.27. The van der Waals surface area contributed by atoms with E-state index in [0.717, 1.165) is 55.9 Å². The van der Waals surface area contributed by atoms with Gasteiger partial charge in [0.05, 0.1) is 7.11 Å². The number of amides is 1. The third-order valence-electron chi connectivity index (χ3n) is 5.79. The molecule has 2 aliphatic rings. The van der Waals surface area contributed by atoms with Crippen LogP contribution in [0.5, 0.6) is 5.75 Å². The minimum atomic E-state index is 0. The normalized spacial score (nSPS) is 24.0. The van der Waals surface area contributed by atoms with E-state index in [-0.39, 0.29) is 24.9 Å². The van der Waals surface area contributed by atoms with E-state index in [4.69, 9.17) is 4.74 Å². The molecule has 2 aliphatic heterocycles. The van der Waals surface area contributed by atoms with E-state index in [0.29, 0.717) is 17.8 Å². The van der Waals surface area contributed by atoms with E-state index in [1.807, 2.05) is 30.0 Å². The number of aliphatic hydroxyl groups excluding tert-OH is 1. The predicted molar refractivity (Wildman–Crippen MR) is 101 cm³/mol. The maximum atomic E-state index is 12.9. The molecule has 25 heavy (non-hydrogen) atoms. The Labute approximate surface area is 156 Å². The average Bonchev–Trinajstić information content (AvgIpc) is 3.10. The summed E-state index contributed by atoms with van der Waals surface area (Å²) in [6.45, 7) is 5.72. The Morgan fingerprint density at radius 1 is 1.32 bits per heavy atom. The van der Waals surface area contributed by atoms with Crippen LogP contribution in [-0.4, -0.2) is 55.8 Å². The van der Waals surface area contributed by atoms with Crippen LogP contribution in [0.2, 0.25) is 0 Å². The number of piperidine rings is 1. The molecule has 1 aromatic rings. The second kappa shape index (κ2) is 8.88. The largest absolute Gasteiger partial charge is 0.496 e. The Bertz CT molecular complexity index is 588. The molecular formula is C19H29ClN2O3. The van der Waals surface area contributed by atoms with Gasteiger partial charge in [-0.25, -0.2) is 0 Å². The Hall–Kier alpha value is -1.30. The zero-order chi connectivity index (χ0) is 17.1. The highest BCUT2D eigenvalue weighted by Crippen LogP contribution is 2.33. The number of methoxy groups -OCH3 is 1. The summed E-state index contributed by atoms with van der Waals surface area (Å²) in [5, 5.41) is 12.9. The third-order valence-corrected chi connectivity index (χ3v) is 5.79. The summed E-state index contributed by atoms with van der Waals surface area (Å²) in [5.74, 6) is 2.39. The molecule has 6 heteroatoms. The van der Waals surface area contributed by atoms with Crippen LogP contribution < -0.4 is 10.1 Å². The number of rotatable bonds is 4. The van der Waals surface area contributed by atoms with Crippen LogP contribution in [0.25, 0.3) is 0 Å². The van der Waals surface area contributed by atoms with E-state index in [1.54, 1.807) is 7.11 Å². The average molecular weight is 369 g/mol. The minimum Gasteiger partial charge on any atom is -0.496 e. The highest BCUT2D eigenvalue weighted by atomic mass is 35.5. The topological polar surface area (TPSA) is 61.8 Å². The zero-order valence-electron chi connectivity index (χ0n) is 15.0. The van der Waals surface area contributed by atoms with Gasteiger partial charge in [0.2, 0.25) is 0 Å². The monoisotopic (exact) mass is 368 g/mol. The number of halogens is 1. The van der Waals surface area contributed by atoms with Gasteiger partial charge in [0.1, 0.15) is 5.75 Å². The molecule has 0 saturated carbocycles. The van der Waals surface area contributed by atoms with Crippen LogP contribution >= 0.6 is 12.4 Å². The van der Waals surface area contributed by atoms with Gasteiger partial charge >= 0.3 is 0 Å². The molecule has 140 valence electrons. The van der Waals surface area contributed by atoms with Crippen molar-refractivity contribution in [2.45, 2.75) is 19.8 Å². The van der Waals surface area contributed by atoms with Crippen molar-refractivity contribution in [3.05, 3.63) is 29.3 Å². The number of benzene rings is 1. The number of ether oxygens (including phenoxy) is 1. The van der Waals surface area contributed by atoms with Gasteiger partial charge < -0.3 is 20.1 Å². The van der Waals surface area contributed by atoms with Gasteiger partial charge in [-0.05, 0) is 56.2 Å². The molecule has 0 aliphatic carbocycles. The maximum absolute atomic E-state index is 12.9. The molecule has 0 aromatic heterocycles. The van der Waals surface area contributed by atoms with Crippen molar-refractivity contribution >= 4 is 18.3 Å². The van der Waals surface area contributed by atoms with Crippen LogP contribution in [-0.2, 0) is 0 Å². The fourth-order valence-electron chi connectivity index (χ4n) is 4.27. The smallest absolute Gasteiger partial charge is 0.254 e. The number of aliphatic hydroxyl groups is 1. The summed E-state index contributed by atoms with van der Waals surface area (Å²) in [6.07, 6.45) is 2.05. The summed E-state index contributed by atoms with van der Waals surface area (Å²) in [6, 6.07) is 5.65. The van der Waals surface area contributed by atoms with Crippen molar-refractivity contribution in [1.29, 1.82) is 0 Å². The van der Waals surface area contributed by atoms with Crippen molar-refractivity contribution in [1.82, 2.24) is 10.2 Å². The molecule has 2 fully saturated rings. The molecule has 0 radical (unpaired) electrons. The Balaban J connectivity index is 0.00000225. The van der Waals surface area contributed by atoms with Gasteiger partial charge in [0.15, 0.2) is 0 Å². The lowest BCUT2D eigenvalue weighted by Gasteiger charge is -2.36. The van der Waals surface area contributed by atoms with Gasteiger partial charge in [-0.1, -0.05) is 6.07 Å². The van der Waals surface area contributed by atoms with Crippen LogP contribution in [0.15, 0.2) is 18.2 Å². The van der Waals surface area contributed by atoms with Crippen LogP contribution in [0.1, 0.15) is 28.8 Å². The predicted octanol–water partition coefficient (Wildman–Crippen LogP) is 2.11. The number of nitrogens with one attached hydrogen (secondary N) is 1. The second-order valence-electron chi connectivity index (χ2n) is 7.03. The summed E-state index contributed by atoms with van der Waals surface area (Å²) < 4.78 is 5.33. The lowest BCUT2D eigenvalue weighted by molar-refractivity contribution is 0.0624. The van der Waals surface area contributed by atoms with E-state index in [2.05, 4.69) is 5.32 Å². The third kappa shape index (κ3) is 4.10. The van der Waals surface area contributed by atoms with E-state index >= 15 is 0 Å². The van der Waals surface area contributed by atoms with Crippen molar-refractivity contribution in [2.75, 3.05) is 39.9 Å². The summed E-state index contributed by atoms with van der Waals surface area (Å²) >= 11 is 0. The molecule has 2 saturated heterocycles. The Morgan fingerprint density at radius 2 is 2.04 bits per heavy atom. The van der Waals surface area contributed by atoms with Crippen LogP contribution in [0, 0.1) is 24.7 Å². The van der Waals surface area contributed by atoms with E-state index in [9.17, 15) is 9.90 Å². The van der Waals surface area contributed by atoms with Crippen LogP contribution in [0.3, 0.4) is 0 Å². The molecule has 1 aromatic carbocycles. The number of hydrogen-bond acceptors (Lipinski definition) is 4. The van der Waals surface area contributed by atoms with Gasteiger partial charge in [-0.2, -0.15) is 0 Å². The molecule has 1 amide bonds. The Morgan fingerprint density at radius 3 is 2.68 bits per heavy atom. The molecular weight excluding hydrogens is 340 g/mol. The highest BCUT2D eigenvalue weighted by Gasteiger charge is 2.36. The van der Waals surface area contributed by atoms with Gasteiger partial charge in [0.25, 0.3) is 5.91 Å². The second-order valence-corrected chi connectivity index (χ2v) is 7.03. The molecule has 3 rings (SSSR count). The molecule has 0 bridgehead atoms. The molecule has 0 unspecified atom stereocenters. The quantitative estimate of drug-likeness (QED) is 0.854. The summed E-state index contributed by atoms with van der Waals surface area (Å²) in [7, 11) is 1.63. The van der Waals surface area contributed by atoms with Crippen molar-refractivity contribution in [3.8, 4) is 5.75 Å². The maximum Gasteiger partial charge on any atom is 0.254 e. The van der Waals surface area contributed by atoms with Crippen LogP contribution in [0.4, 0.5) is 0 Å². The van der Waals surface area contributed by atoms with E-state index < -0.39 is 0 Å². The number of hydrogen-bond donors (Lipinski definition) is 2. The standard InChI is InChI=1S/C19H28N2O3.ClH/c1-13-16(4-3-5-18(13)24-2)19(23)21-8-6-14(7-9-21)17-11-20-10-15(17)12-22;/h3-5,14-15,17,20,22H,6-12H2,1-2H3;1H/t15-,17-;/m0./s1. The van der Waals surface area contributed by atoms with Gasteiger partial charge in [-0.3, -0.25) is 4.79 Å². The molecule has 2 heterocycles. The molecule has 0 spiro atoms. The number of carbonyl (C=O) groups excluding carboxylic acids is 1. The fraction of sp³-hybridized carbons (Fsp3) is 0.632. The van der Waals surface area contributed by atoms with Crippen molar-refractivity contribution in [2.24, 2.45) is 17.8 Å². The first-order chi connectivity index (χ1) is 11.7. The first kappa shape index (κ1) is 20.0. The van der Waals surface area contributed by atoms with Crippen molar-refractivity contribution < 1.29 is 14.6 Å². The molecule has 2 atom stereocenters. The Kier molecular flexibility index (Phi) is 7.11. The molecule has 2 N–H and O–H groups in total. The first-order valence-corrected chi connectivity index (χ1v) is 8.90. The van der Waals surface area contributed by atoms with E-state index in [1.165, 1.54) is 0 Å². The summed E-state index contributed by atoms with van der Waals surface area (Å²) in [5.41, 5.74) is 1.65. The zero-order valence-corrected chi connectivity index (χ0v) is 15.8. The number of carbonyl (C=O) groups is 1.